The number of nitrogens with one attached hydrogen (secondary N) is 1. The monoisotopic (exact) mass is 289 g/mol. The van der Waals surface area contributed by atoms with E-state index in [-0.39, 0.29) is 0 Å². The first-order valence-corrected chi connectivity index (χ1v) is 7.99. The molecule has 0 aliphatic rings. The molecule has 3 nitrogen and oxygen atoms in total. The van der Waals surface area contributed by atoms with E-state index in [0.29, 0.717) is 6.04 Å². The highest BCUT2D eigenvalue weighted by atomic mass is 32.1. The second-order valence-corrected chi connectivity index (χ2v) is 6.12. The van der Waals surface area contributed by atoms with E-state index >= 15 is 0 Å². The Morgan fingerprint density at radius 2 is 2.15 bits per heavy atom. The van der Waals surface area contributed by atoms with Crippen LogP contribution >= 0.6 is 11.3 Å². The summed E-state index contributed by atoms with van der Waals surface area (Å²) < 4.78 is 0. The molecule has 2 heterocycles. The fourth-order valence-electron chi connectivity index (χ4n) is 2.13. The van der Waals surface area contributed by atoms with Gasteiger partial charge in [-0.15, -0.1) is 11.3 Å². The van der Waals surface area contributed by atoms with Crippen molar-refractivity contribution >= 4 is 17.2 Å². The number of aromatic nitrogens is 1. The molecule has 0 aromatic carbocycles. The molecule has 0 bridgehead atoms. The normalized spacial score (nSPS) is 12.6. The number of rotatable bonds is 7. The Morgan fingerprint density at radius 1 is 1.30 bits per heavy atom. The molecule has 2 aromatic rings. The summed E-state index contributed by atoms with van der Waals surface area (Å²) in [6.45, 7) is 6.14. The lowest BCUT2D eigenvalue weighted by Gasteiger charge is -2.24. The molecule has 1 unspecified atom stereocenters. The van der Waals surface area contributed by atoms with Crippen LogP contribution in [-0.2, 0) is 13.0 Å². The van der Waals surface area contributed by atoms with Crippen molar-refractivity contribution in [1.29, 1.82) is 0 Å². The molecule has 0 fully saturated rings. The van der Waals surface area contributed by atoms with Crippen LogP contribution in [0, 0.1) is 0 Å². The summed E-state index contributed by atoms with van der Waals surface area (Å²) in [5.74, 6) is 0.962. The third kappa shape index (κ3) is 4.32. The van der Waals surface area contributed by atoms with Crippen molar-refractivity contribution in [3.8, 4) is 0 Å². The smallest absolute Gasteiger partial charge is 0.126 e. The van der Waals surface area contributed by atoms with Gasteiger partial charge in [0.05, 0.1) is 5.69 Å². The Balaban J connectivity index is 1.92. The fraction of sp³-hybridized carbons (Fsp3) is 0.438. The van der Waals surface area contributed by atoms with Crippen molar-refractivity contribution in [2.75, 3.05) is 18.9 Å². The average molecular weight is 289 g/mol. The zero-order valence-electron chi connectivity index (χ0n) is 12.5. The summed E-state index contributed by atoms with van der Waals surface area (Å²) in [4.78, 5) is 8.43. The number of anilines is 1. The largest absolute Gasteiger partial charge is 0.370 e. The van der Waals surface area contributed by atoms with Gasteiger partial charge in [0.1, 0.15) is 5.82 Å². The zero-order chi connectivity index (χ0) is 14.4. The maximum Gasteiger partial charge on any atom is 0.126 e. The third-order valence-electron chi connectivity index (χ3n) is 3.41. The van der Waals surface area contributed by atoms with E-state index in [1.165, 1.54) is 4.88 Å². The molecule has 20 heavy (non-hydrogen) atoms. The highest BCUT2D eigenvalue weighted by molar-refractivity contribution is 7.09. The molecule has 0 aliphatic carbocycles. The highest BCUT2D eigenvalue weighted by Gasteiger charge is 2.11. The Morgan fingerprint density at radius 3 is 2.85 bits per heavy atom. The lowest BCUT2D eigenvalue weighted by Crippen LogP contribution is -2.30. The molecule has 0 saturated heterocycles. The molecule has 4 heteroatoms. The van der Waals surface area contributed by atoms with Gasteiger partial charge >= 0.3 is 0 Å². The van der Waals surface area contributed by atoms with Crippen LogP contribution in [0.25, 0.3) is 0 Å². The molecule has 2 rings (SSSR count). The van der Waals surface area contributed by atoms with E-state index in [1.807, 2.05) is 17.4 Å². The van der Waals surface area contributed by atoms with E-state index in [4.69, 9.17) is 0 Å². The third-order valence-corrected chi connectivity index (χ3v) is 4.30. The molecule has 0 aliphatic heterocycles. The predicted octanol–water partition coefficient (Wildman–Crippen LogP) is 3.64. The maximum absolute atomic E-state index is 4.63. The summed E-state index contributed by atoms with van der Waals surface area (Å²) in [5, 5.41) is 5.40. The minimum absolute atomic E-state index is 0.512. The SMILES string of the molecule is CCNc1cccc(CN(C)C(C)Cc2cccs2)n1. The van der Waals surface area contributed by atoms with E-state index in [9.17, 15) is 0 Å². The van der Waals surface area contributed by atoms with Crippen LogP contribution < -0.4 is 5.32 Å². The zero-order valence-corrected chi connectivity index (χ0v) is 13.3. The standard InChI is InChI=1S/C16H23N3S/c1-4-17-16-9-5-7-14(18-16)12-19(3)13(2)11-15-8-6-10-20-15/h5-10,13H,4,11-12H2,1-3H3,(H,17,18). The van der Waals surface area contributed by atoms with Crippen LogP contribution in [0.2, 0.25) is 0 Å². The first kappa shape index (κ1) is 15.0. The molecule has 0 radical (unpaired) electrons. The van der Waals surface area contributed by atoms with Gasteiger partial charge in [-0.2, -0.15) is 0 Å². The van der Waals surface area contributed by atoms with Crippen LogP contribution in [-0.4, -0.2) is 29.5 Å². The Labute approximate surface area is 125 Å². The van der Waals surface area contributed by atoms with E-state index in [0.717, 1.165) is 31.0 Å². The van der Waals surface area contributed by atoms with Gasteiger partial charge in [-0.1, -0.05) is 12.1 Å². The summed E-state index contributed by atoms with van der Waals surface area (Å²) in [7, 11) is 2.17. The number of likely N-dealkylation sites (N-methyl/N-ethyl adjacent to an activating group) is 1. The first-order valence-electron chi connectivity index (χ1n) is 7.11. The molecular formula is C16H23N3S. The number of nitrogens with zero attached hydrogens (tertiary/aromatic N) is 2. The number of hydrogen-bond donors (Lipinski definition) is 1. The van der Waals surface area contributed by atoms with Crippen molar-refractivity contribution < 1.29 is 0 Å². The van der Waals surface area contributed by atoms with Crippen LogP contribution in [0.5, 0.6) is 0 Å². The molecule has 2 aromatic heterocycles. The lowest BCUT2D eigenvalue weighted by molar-refractivity contribution is 0.246. The van der Waals surface area contributed by atoms with Gasteiger partial charge in [-0.3, -0.25) is 4.90 Å². The molecule has 0 saturated carbocycles. The first-order chi connectivity index (χ1) is 9.69. The van der Waals surface area contributed by atoms with Crippen molar-refractivity contribution in [1.82, 2.24) is 9.88 Å². The Hall–Kier alpha value is -1.39. The van der Waals surface area contributed by atoms with Gasteiger partial charge < -0.3 is 5.32 Å². The maximum atomic E-state index is 4.63. The Kier molecular flexibility index (Phi) is 5.56. The van der Waals surface area contributed by atoms with Gasteiger partial charge in [0.15, 0.2) is 0 Å². The summed E-state index contributed by atoms with van der Waals surface area (Å²) in [5.41, 5.74) is 1.11. The minimum Gasteiger partial charge on any atom is -0.370 e. The summed E-state index contributed by atoms with van der Waals surface area (Å²) in [6.07, 6.45) is 1.10. The lowest BCUT2D eigenvalue weighted by atomic mass is 10.2. The van der Waals surface area contributed by atoms with Crippen molar-refractivity contribution in [3.63, 3.8) is 0 Å². The molecule has 108 valence electrons. The van der Waals surface area contributed by atoms with Crippen molar-refractivity contribution in [2.45, 2.75) is 32.9 Å². The predicted molar refractivity (Wildman–Crippen MR) is 87.4 cm³/mol. The van der Waals surface area contributed by atoms with Gasteiger partial charge in [-0.25, -0.2) is 4.98 Å². The molecule has 0 amide bonds. The van der Waals surface area contributed by atoms with Gasteiger partial charge in [0.2, 0.25) is 0 Å². The minimum atomic E-state index is 0.512. The summed E-state index contributed by atoms with van der Waals surface area (Å²) >= 11 is 1.83. The van der Waals surface area contributed by atoms with Crippen LogP contribution in [0.1, 0.15) is 24.4 Å². The molecule has 1 atom stereocenters. The van der Waals surface area contributed by atoms with Crippen LogP contribution in [0.3, 0.4) is 0 Å². The quantitative estimate of drug-likeness (QED) is 0.843. The van der Waals surface area contributed by atoms with Crippen molar-refractivity contribution in [2.24, 2.45) is 0 Å². The second-order valence-electron chi connectivity index (χ2n) is 5.09. The van der Waals surface area contributed by atoms with Crippen LogP contribution in [0.4, 0.5) is 5.82 Å². The fourth-order valence-corrected chi connectivity index (χ4v) is 2.96. The molecular weight excluding hydrogens is 266 g/mol. The van der Waals surface area contributed by atoms with E-state index < -0.39 is 0 Å². The molecule has 0 spiro atoms. The number of pyridine rings is 1. The average Bonchev–Trinajstić information content (AvgIpc) is 2.92. The number of thiophene rings is 1. The van der Waals surface area contributed by atoms with E-state index in [2.05, 4.69) is 65.7 Å². The van der Waals surface area contributed by atoms with Crippen molar-refractivity contribution in [3.05, 3.63) is 46.3 Å². The second kappa shape index (κ2) is 7.41. The highest BCUT2D eigenvalue weighted by Crippen LogP contribution is 2.15. The van der Waals surface area contributed by atoms with Gasteiger partial charge in [0.25, 0.3) is 0 Å². The van der Waals surface area contributed by atoms with E-state index in [1.54, 1.807) is 0 Å². The van der Waals surface area contributed by atoms with Crippen LogP contribution in [0.15, 0.2) is 35.7 Å². The summed E-state index contributed by atoms with van der Waals surface area (Å²) in [6, 6.07) is 11.0. The number of hydrogen-bond acceptors (Lipinski definition) is 4. The topological polar surface area (TPSA) is 28.2 Å². The Bertz CT molecular complexity index is 510. The molecule has 1 N–H and O–H groups in total. The van der Waals surface area contributed by atoms with Gasteiger partial charge in [-0.05, 0) is 50.9 Å². The van der Waals surface area contributed by atoms with Gasteiger partial charge in [0, 0.05) is 24.0 Å².